The molecule has 0 saturated carbocycles. The first-order chi connectivity index (χ1) is 33.6. The second-order valence-electron chi connectivity index (χ2n) is 17.4. The van der Waals surface area contributed by atoms with E-state index in [0.717, 1.165) is 50.5 Å². The molecule has 0 aromatic heterocycles. The number of hydrogen-bond acceptors (Lipinski definition) is 1. The Kier molecular flexibility index (Phi) is 11.5. The molecule has 0 bridgehead atoms. The molecule has 0 aliphatic rings. The minimum atomic E-state index is 0.926. The lowest BCUT2D eigenvalue weighted by Gasteiger charge is -2.29. The quantitative estimate of drug-likeness (QED) is 0.0925. The maximum absolute atomic E-state index is 4.65. The van der Waals surface area contributed by atoms with E-state index in [9.17, 15) is 0 Å². The fourth-order valence-corrected chi connectivity index (χ4v) is 9.61. The summed E-state index contributed by atoms with van der Waals surface area (Å²) in [6.07, 6.45) is 8.27. The summed E-state index contributed by atoms with van der Waals surface area (Å²) in [6, 6.07) is 88.4. The van der Waals surface area contributed by atoms with E-state index in [4.69, 9.17) is 0 Å². The normalized spacial score (nSPS) is 11.5. The molecule has 11 aromatic rings. The molecule has 0 N–H and O–H groups in total. The van der Waals surface area contributed by atoms with Crippen LogP contribution in [0.5, 0.6) is 0 Å². The predicted octanol–water partition coefficient (Wildman–Crippen LogP) is 19.1. The average Bonchev–Trinajstić information content (AvgIpc) is 3.41. The minimum absolute atomic E-state index is 0.926. The molecule has 0 amide bonds. The van der Waals surface area contributed by atoms with Crippen LogP contribution in [0.1, 0.15) is 12.5 Å². The molecule has 11 rings (SSSR count). The van der Waals surface area contributed by atoms with Crippen molar-refractivity contribution in [3.05, 3.63) is 279 Å². The highest BCUT2D eigenvalue weighted by atomic mass is 15.1. The molecule has 0 fully saturated rings. The molecule has 1 heteroatoms. The van der Waals surface area contributed by atoms with Gasteiger partial charge in [-0.2, -0.15) is 0 Å². The van der Waals surface area contributed by atoms with Crippen LogP contribution in [0.25, 0.3) is 93.5 Å². The van der Waals surface area contributed by atoms with Gasteiger partial charge < -0.3 is 4.90 Å². The van der Waals surface area contributed by atoms with Crippen molar-refractivity contribution in [2.24, 2.45) is 0 Å². The van der Waals surface area contributed by atoms with Crippen LogP contribution in [0, 0.1) is 0 Å². The Bertz CT molecular complexity index is 3610. The van der Waals surface area contributed by atoms with Crippen molar-refractivity contribution in [3.63, 3.8) is 0 Å². The molecule has 0 aliphatic heterocycles. The Balaban J connectivity index is 1.08. The zero-order valence-corrected chi connectivity index (χ0v) is 38.1. The molecular weight excluding hydrogens is 819 g/mol. The fraction of sp³-hybridized carbons (Fsp3) is 0.0149. The summed E-state index contributed by atoms with van der Waals surface area (Å²) in [5, 5.41) is 7.44. The van der Waals surface area contributed by atoms with Gasteiger partial charge in [0.25, 0.3) is 0 Å². The molecule has 0 unspecified atom stereocenters. The van der Waals surface area contributed by atoms with Gasteiger partial charge in [0.05, 0.1) is 5.69 Å². The van der Waals surface area contributed by atoms with Gasteiger partial charge in [0.1, 0.15) is 0 Å². The monoisotopic (exact) mass is 867 g/mol. The molecule has 68 heavy (non-hydrogen) atoms. The summed E-state index contributed by atoms with van der Waals surface area (Å²) in [5.74, 6) is 0. The smallest absolute Gasteiger partial charge is 0.0545 e. The first-order valence-corrected chi connectivity index (χ1v) is 23.4. The molecule has 11 aromatic carbocycles. The van der Waals surface area contributed by atoms with E-state index in [0.29, 0.717) is 0 Å². The summed E-state index contributed by atoms with van der Waals surface area (Å²) in [5.41, 5.74) is 16.9. The van der Waals surface area contributed by atoms with Crippen molar-refractivity contribution in [2.75, 3.05) is 4.90 Å². The molecule has 0 heterocycles. The van der Waals surface area contributed by atoms with Crippen LogP contribution in [-0.4, -0.2) is 0 Å². The Hall–Kier alpha value is -8.78. The van der Waals surface area contributed by atoms with E-state index >= 15 is 0 Å². The average molecular weight is 868 g/mol. The molecule has 322 valence electrons. The van der Waals surface area contributed by atoms with Gasteiger partial charge in [-0.3, -0.25) is 0 Å². The van der Waals surface area contributed by atoms with Crippen molar-refractivity contribution < 1.29 is 0 Å². The second-order valence-corrected chi connectivity index (χ2v) is 17.4. The maximum atomic E-state index is 4.65. The van der Waals surface area contributed by atoms with Crippen molar-refractivity contribution >= 4 is 55.0 Å². The first-order valence-electron chi connectivity index (χ1n) is 23.4. The molecule has 0 spiro atoms. The predicted molar refractivity (Wildman–Crippen MR) is 294 cm³/mol. The highest BCUT2D eigenvalue weighted by Gasteiger charge is 2.20. The third-order valence-corrected chi connectivity index (χ3v) is 13.1. The van der Waals surface area contributed by atoms with Crippen LogP contribution < -0.4 is 4.90 Å². The summed E-state index contributed by atoms with van der Waals surface area (Å²) in [4.78, 5) is 2.40. The van der Waals surface area contributed by atoms with E-state index in [2.05, 4.69) is 272 Å². The van der Waals surface area contributed by atoms with E-state index in [1.807, 2.05) is 13.0 Å². The Morgan fingerprint density at radius 1 is 0.353 bits per heavy atom. The molecule has 0 radical (unpaired) electrons. The molecule has 1 nitrogen and oxygen atoms in total. The van der Waals surface area contributed by atoms with Crippen molar-refractivity contribution in [1.29, 1.82) is 0 Å². The lowest BCUT2D eigenvalue weighted by Crippen LogP contribution is -2.12. The largest absolute Gasteiger partial charge is 0.310 e. The standard InChI is InChI=1S/C67H49N/c1-3-4-7-18-47(2)62-40-35-55(54-30-29-50-23-12-13-24-53(50)41-54)46-67(62)68(61-38-33-52(34-39-61)66-45-56-25-14-15-26-63(56)64-27-16-17-28-65(64)66)60-36-31-51(32-37-60)59-43-57(48-19-8-5-9-20-48)42-58(44-59)49-21-10-6-11-22-49/h3-46H,2H2,1H3/b4-3-,18-7-. The van der Waals surface area contributed by atoms with Crippen molar-refractivity contribution in [1.82, 2.24) is 0 Å². The van der Waals surface area contributed by atoms with Gasteiger partial charge in [0.2, 0.25) is 0 Å². The number of fused-ring (bicyclic) bond motifs is 4. The van der Waals surface area contributed by atoms with E-state index < -0.39 is 0 Å². The van der Waals surface area contributed by atoms with Gasteiger partial charge in [0.15, 0.2) is 0 Å². The SMILES string of the molecule is C=C(/C=C\C=C/C)c1ccc(-c2ccc3ccccc3c2)cc1N(c1ccc(-c2cc(-c3ccccc3)cc(-c3ccccc3)c2)cc1)c1ccc(-c2cc3ccccc3c3ccccc23)cc1. The molecular formula is C67H49N. The topological polar surface area (TPSA) is 3.24 Å². The third kappa shape index (κ3) is 8.34. The molecule has 0 saturated heterocycles. The fourth-order valence-electron chi connectivity index (χ4n) is 9.61. The minimum Gasteiger partial charge on any atom is -0.310 e. The van der Waals surface area contributed by atoms with Crippen LogP contribution in [0.4, 0.5) is 17.1 Å². The van der Waals surface area contributed by atoms with Gasteiger partial charge in [-0.05, 0) is 161 Å². The molecule has 0 atom stereocenters. The van der Waals surface area contributed by atoms with E-state index in [1.54, 1.807) is 0 Å². The van der Waals surface area contributed by atoms with E-state index in [-0.39, 0.29) is 0 Å². The highest BCUT2D eigenvalue weighted by molar-refractivity contribution is 6.13. The van der Waals surface area contributed by atoms with Crippen LogP contribution in [0.3, 0.4) is 0 Å². The number of hydrogen-bond donors (Lipinski definition) is 0. The number of rotatable bonds is 11. The Morgan fingerprint density at radius 2 is 0.838 bits per heavy atom. The maximum Gasteiger partial charge on any atom is 0.0545 e. The number of anilines is 3. The number of nitrogens with zero attached hydrogens (tertiary/aromatic N) is 1. The van der Waals surface area contributed by atoms with E-state index in [1.165, 1.54) is 65.7 Å². The zero-order valence-electron chi connectivity index (χ0n) is 38.1. The summed E-state index contributed by atoms with van der Waals surface area (Å²) >= 11 is 0. The zero-order chi connectivity index (χ0) is 45.8. The van der Waals surface area contributed by atoms with Crippen LogP contribution in [-0.2, 0) is 0 Å². The summed E-state index contributed by atoms with van der Waals surface area (Å²) in [7, 11) is 0. The summed E-state index contributed by atoms with van der Waals surface area (Å²) < 4.78 is 0. The first kappa shape index (κ1) is 41.9. The number of benzene rings is 11. The van der Waals surface area contributed by atoms with Gasteiger partial charge in [-0.25, -0.2) is 0 Å². The van der Waals surface area contributed by atoms with Gasteiger partial charge in [0, 0.05) is 16.9 Å². The Labute approximate surface area is 399 Å². The molecule has 0 aliphatic carbocycles. The summed E-state index contributed by atoms with van der Waals surface area (Å²) in [6.45, 7) is 6.69. The van der Waals surface area contributed by atoms with Crippen LogP contribution in [0.15, 0.2) is 274 Å². The third-order valence-electron chi connectivity index (χ3n) is 13.1. The van der Waals surface area contributed by atoms with Gasteiger partial charge in [-0.15, -0.1) is 0 Å². The van der Waals surface area contributed by atoms with Crippen molar-refractivity contribution in [3.8, 4) is 55.6 Å². The second kappa shape index (κ2) is 18.6. The van der Waals surface area contributed by atoms with Crippen molar-refractivity contribution in [2.45, 2.75) is 6.92 Å². The van der Waals surface area contributed by atoms with Gasteiger partial charge in [-0.1, -0.05) is 213 Å². The lowest BCUT2D eigenvalue weighted by molar-refractivity contribution is 1.27. The highest BCUT2D eigenvalue weighted by Crippen LogP contribution is 2.44. The van der Waals surface area contributed by atoms with Crippen LogP contribution >= 0.6 is 0 Å². The Morgan fingerprint density at radius 3 is 1.47 bits per heavy atom. The van der Waals surface area contributed by atoms with Gasteiger partial charge >= 0.3 is 0 Å². The lowest BCUT2D eigenvalue weighted by atomic mass is 9.92. The van der Waals surface area contributed by atoms with Crippen LogP contribution in [0.2, 0.25) is 0 Å². The number of allylic oxidation sites excluding steroid dienone is 5.